The fourth-order valence-electron chi connectivity index (χ4n) is 2.65. The number of thiocarbonyl (C=S) groups is 1. The molecule has 3 rings (SSSR count). The topological polar surface area (TPSA) is 41.1 Å². The predicted octanol–water partition coefficient (Wildman–Crippen LogP) is 2.46. The number of carbonyl (C=O) groups is 1. The van der Waals surface area contributed by atoms with Gasteiger partial charge < -0.3 is 5.32 Å². The summed E-state index contributed by atoms with van der Waals surface area (Å²) in [6.07, 6.45) is 1.88. The zero-order valence-electron chi connectivity index (χ0n) is 11.5. The van der Waals surface area contributed by atoms with Crippen molar-refractivity contribution in [1.29, 1.82) is 0 Å². The summed E-state index contributed by atoms with van der Waals surface area (Å²) < 4.78 is 0. The smallest absolute Gasteiger partial charge is 0.257 e. The molecule has 2 aromatic carbocycles. The molecule has 0 atom stereocenters. The van der Waals surface area contributed by atoms with Crippen LogP contribution in [0.2, 0.25) is 0 Å². The molecule has 0 heterocycles. The van der Waals surface area contributed by atoms with Crippen LogP contribution in [0, 0.1) is 0 Å². The summed E-state index contributed by atoms with van der Waals surface area (Å²) in [6.45, 7) is 0. The summed E-state index contributed by atoms with van der Waals surface area (Å²) in [4.78, 5) is 12.0. The zero-order valence-corrected chi connectivity index (χ0v) is 12.3. The van der Waals surface area contributed by atoms with Gasteiger partial charge in [-0.25, -0.2) is 0 Å². The molecule has 0 radical (unpaired) electrons. The maximum Gasteiger partial charge on any atom is 0.257 e. The molecule has 0 saturated carbocycles. The molecule has 0 aliphatic heterocycles. The fraction of sp³-hybridized carbons (Fsp3) is 0.176. The Labute approximate surface area is 129 Å². The Morgan fingerprint density at radius 1 is 0.952 bits per heavy atom. The predicted molar refractivity (Wildman–Crippen MR) is 87.3 cm³/mol. The van der Waals surface area contributed by atoms with Crippen molar-refractivity contribution in [2.45, 2.75) is 18.9 Å². The van der Waals surface area contributed by atoms with E-state index >= 15 is 0 Å². The van der Waals surface area contributed by atoms with Crippen molar-refractivity contribution in [3.05, 3.63) is 71.3 Å². The van der Waals surface area contributed by atoms with Gasteiger partial charge in [0.05, 0.1) is 0 Å². The second-order valence-electron chi connectivity index (χ2n) is 5.17. The van der Waals surface area contributed by atoms with Crippen molar-refractivity contribution in [2.24, 2.45) is 0 Å². The van der Waals surface area contributed by atoms with Crippen LogP contribution < -0.4 is 10.6 Å². The van der Waals surface area contributed by atoms with Crippen molar-refractivity contribution < 1.29 is 4.79 Å². The molecule has 0 aromatic heterocycles. The second kappa shape index (κ2) is 6.06. The van der Waals surface area contributed by atoms with E-state index in [9.17, 15) is 4.79 Å². The average molecular weight is 296 g/mol. The highest BCUT2D eigenvalue weighted by atomic mass is 32.1. The lowest BCUT2D eigenvalue weighted by Gasteiger charge is -2.15. The summed E-state index contributed by atoms with van der Waals surface area (Å²) in [7, 11) is 0. The molecule has 21 heavy (non-hydrogen) atoms. The molecule has 2 aromatic rings. The molecule has 0 spiro atoms. The average Bonchev–Trinajstić information content (AvgIpc) is 2.90. The van der Waals surface area contributed by atoms with Crippen LogP contribution in [0.25, 0.3) is 0 Å². The van der Waals surface area contributed by atoms with Crippen LogP contribution in [0.3, 0.4) is 0 Å². The maximum atomic E-state index is 12.0. The molecule has 0 fully saturated rings. The Kier molecular flexibility index (Phi) is 3.97. The maximum absolute atomic E-state index is 12.0. The van der Waals surface area contributed by atoms with Crippen LogP contribution >= 0.6 is 12.2 Å². The Morgan fingerprint density at radius 3 is 2.14 bits per heavy atom. The van der Waals surface area contributed by atoms with Crippen LogP contribution in [0.5, 0.6) is 0 Å². The van der Waals surface area contributed by atoms with Gasteiger partial charge in [0.2, 0.25) is 0 Å². The molecule has 106 valence electrons. The van der Waals surface area contributed by atoms with Gasteiger partial charge in [-0.2, -0.15) is 0 Å². The molecule has 1 aliphatic rings. The Hall–Kier alpha value is -2.20. The van der Waals surface area contributed by atoms with Gasteiger partial charge in [0.15, 0.2) is 5.11 Å². The SMILES string of the molecule is O=C(NC(=S)NC1Cc2ccccc2C1)c1ccccc1. The van der Waals surface area contributed by atoms with E-state index in [1.54, 1.807) is 12.1 Å². The van der Waals surface area contributed by atoms with Gasteiger partial charge in [0, 0.05) is 11.6 Å². The minimum Gasteiger partial charge on any atom is -0.359 e. The summed E-state index contributed by atoms with van der Waals surface area (Å²) >= 11 is 5.23. The number of amides is 1. The Balaban J connectivity index is 1.55. The van der Waals surface area contributed by atoms with Gasteiger partial charge in [-0.1, -0.05) is 42.5 Å². The van der Waals surface area contributed by atoms with Gasteiger partial charge in [0.1, 0.15) is 0 Å². The van der Waals surface area contributed by atoms with E-state index in [1.165, 1.54) is 11.1 Å². The number of hydrogen-bond donors (Lipinski definition) is 2. The molecule has 0 unspecified atom stereocenters. The van der Waals surface area contributed by atoms with Gasteiger partial charge in [-0.15, -0.1) is 0 Å². The summed E-state index contributed by atoms with van der Waals surface area (Å²) in [5, 5.41) is 6.35. The largest absolute Gasteiger partial charge is 0.359 e. The lowest BCUT2D eigenvalue weighted by atomic mass is 10.1. The van der Waals surface area contributed by atoms with Crippen LogP contribution in [-0.4, -0.2) is 17.1 Å². The van der Waals surface area contributed by atoms with E-state index in [0.717, 1.165) is 12.8 Å². The van der Waals surface area contributed by atoms with E-state index in [2.05, 4.69) is 34.9 Å². The minimum atomic E-state index is -0.177. The summed E-state index contributed by atoms with van der Waals surface area (Å²) in [6, 6.07) is 17.7. The number of fused-ring (bicyclic) bond motifs is 1. The minimum absolute atomic E-state index is 0.177. The quantitative estimate of drug-likeness (QED) is 0.837. The summed E-state index contributed by atoms with van der Waals surface area (Å²) in [5.74, 6) is -0.177. The first-order chi connectivity index (χ1) is 10.2. The van der Waals surface area contributed by atoms with Crippen molar-refractivity contribution in [3.63, 3.8) is 0 Å². The normalized spacial score (nSPS) is 13.5. The standard InChI is InChI=1S/C17H16N2OS/c20-16(12-6-2-1-3-7-12)19-17(21)18-15-10-13-8-4-5-9-14(13)11-15/h1-9,15H,10-11H2,(H2,18,19,20,21). The van der Waals surface area contributed by atoms with Crippen molar-refractivity contribution >= 4 is 23.2 Å². The molecule has 0 bridgehead atoms. The molecule has 1 amide bonds. The second-order valence-corrected chi connectivity index (χ2v) is 5.58. The number of carbonyl (C=O) groups excluding carboxylic acids is 1. The molecule has 3 nitrogen and oxygen atoms in total. The number of hydrogen-bond acceptors (Lipinski definition) is 2. The van der Waals surface area contributed by atoms with E-state index < -0.39 is 0 Å². The van der Waals surface area contributed by atoms with Crippen LogP contribution in [0.4, 0.5) is 0 Å². The first-order valence-electron chi connectivity index (χ1n) is 6.96. The number of benzene rings is 2. The molecule has 1 aliphatic carbocycles. The van der Waals surface area contributed by atoms with Crippen molar-refractivity contribution in [1.82, 2.24) is 10.6 Å². The fourth-order valence-corrected chi connectivity index (χ4v) is 2.91. The molecule has 2 N–H and O–H groups in total. The Bertz CT molecular complexity index is 645. The van der Waals surface area contributed by atoms with E-state index in [1.807, 2.05) is 18.2 Å². The highest BCUT2D eigenvalue weighted by molar-refractivity contribution is 7.80. The number of nitrogens with one attached hydrogen (secondary N) is 2. The van der Waals surface area contributed by atoms with E-state index in [-0.39, 0.29) is 11.9 Å². The number of rotatable bonds is 2. The molecule has 4 heteroatoms. The molecular weight excluding hydrogens is 280 g/mol. The van der Waals surface area contributed by atoms with Gasteiger partial charge in [0.25, 0.3) is 5.91 Å². The zero-order chi connectivity index (χ0) is 14.7. The van der Waals surface area contributed by atoms with E-state index in [4.69, 9.17) is 12.2 Å². The third-order valence-corrected chi connectivity index (χ3v) is 3.87. The molecule has 0 saturated heterocycles. The van der Waals surface area contributed by atoms with Gasteiger partial charge in [-0.05, 0) is 48.3 Å². The van der Waals surface area contributed by atoms with Gasteiger partial charge >= 0.3 is 0 Å². The van der Waals surface area contributed by atoms with E-state index in [0.29, 0.717) is 10.7 Å². The molecular formula is C17H16N2OS. The van der Waals surface area contributed by atoms with Crippen molar-refractivity contribution in [3.8, 4) is 0 Å². The van der Waals surface area contributed by atoms with Crippen LogP contribution in [0.1, 0.15) is 21.5 Å². The summed E-state index contributed by atoms with van der Waals surface area (Å²) in [5.41, 5.74) is 3.32. The highest BCUT2D eigenvalue weighted by Crippen LogP contribution is 2.21. The first-order valence-corrected chi connectivity index (χ1v) is 7.37. The third kappa shape index (κ3) is 3.28. The third-order valence-electron chi connectivity index (χ3n) is 3.65. The first kappa shape index (κ1) is 13.8. The highest BCUT2D eigenvalue weighted by Gasteiger charge is 2.21. The van der Waals surface area contributed by atoms with Crippen LogP contribution in [-0.2, 0) is 12.8 Å². The van der Waals surface area contributed by atoms with Crippen molar-refractivity contribution in [2.75, 3.05) is 0 Å². The van der Waals surface area contributed by atoms with Crippen LogP contribution in [0.15, 0.2) is 54.6 Å². The monoisotopic (exact) mass is 296 g/mol. The van der Waals surface area contributed by atoms with Gasteiger partial charge in [-0.3, -0.25) is 10.1 Å². The lowest BCUT2D eigenvalue weighted by Crippen LogP contribution is -2.44. The Morgan fingerprint density at radius 2 is 1.52 bits per heavy atom. The lowest BCUT2D eigenvalue weighted by molar-refractivity contribution is 0.0976.